The van der Waals surface area contributed by atoms with Gasteiger partial charge in [-0.2, -0.15) is 5.10 Å². The zero-order chi connectivity index (χ0) is 20.7. The summed E-state index contributed by atoms with van der Waals surface area (Å²) < 4.78 is 46.4. The Morgan fingerprint density at radius 1 is 1.00 bits per heavy atom. The van der Waals surface area contributed by atoms with Crippen LogP contribution in [0.3, 0.4) is 0 Å². The van der Waals surface area contributed by atoms with Crippen LogP contribution in [0.5, 0.6) is 0 Å². The van der Waals surface area contributed by atoms with E-state index in [9.17, 15) is 4.39 Å². The second-order valence-electron chi connectivity index (χ2n) is 8.10. The molecule has 0 radical (unpaired) electrons. The van der Waals surface area contributed by atoms with Gasteiger partial charge in [-0.3, -0.25) is 4.68 Å². The van der Waals surface area contributed by atoms with Crippen molar-refractivity contribution >= 4 is 16.6 Å². The Hall–Kier alpha value is -3.22. The summed E-state index contributed by atoms with van der Waals surface area (Å²) >= 11 is 0. The maximum absolute atomic E-state index is 15.2. The highest BCUT2D eigenvalue weighted by molar-refractivity contribution is 5.98. The Balaban J connectivity index is 1.86. The smallest absolute Gasteiger partial charge is 0.183 e. The minimum atomic E-state index is -1.02. The summed E-state index contributed by atoms with van der Waals surface area (Å²) in [6.07, 6.45) is 3.45. The van der Waals surface area contributed by atoms with Gasteiger partial charge >= 0.3 is 0 Å². The van der Waals surface area contributed by atoms with Gasteiger partial charge in [-0.25, -0.2) is 13.2 Å². The summed E-state index contributed by atoms with van der Waals surface area (Å²) in [5, 5.41) is 8.04. The summed E-state index contributed by atoms with van der Waals surface area (Å²) in [5.74, 6) is -2.51. The van der Waals surface area contributed by atoms with Crippen LogP contribution in [0, 0.1) is 24.4 Å². The number of aromatic amines is 1. The molecule has 0 bridgehead atoms. The molecule has 0 aliphatic carbocycles. The molecule has 0 fully saturated rings. The maximum Gasteiger partial charge on any atom is 0.183 e. The van der Waals surface area contributed by atoms with E-state index in [0.29, 0.717) is 22.2 Å². The van der Waals surface area contributed by atoms with Gasteiger partial charge in [-0.15, -0.1) is 0 Å². The fourth-order valence-electron chi connectivity index (χ4n) is 4.27. The Kier molecular flexibility index (Phi) is 3.48. The molecule has 2 aromatic carbocycles. The quantitative estimate of drug-likeness (QED) is 0.439. The van der Waals surface area contributed by atoms with E-state index >= 15 is 8.78 Å². The fraction of sp³-hybridized carbons (Fsp3) is 0.227. The average molecular weight is 396 g/mol. The van der Waals surface area contributed by atoms with Crippen molar-refractivity contribution in [3.8, 4) is 22.4 Å². The number of halogens is 3. The lowest BCUT2D eigenvalue weighted by Gasteiger charge is -2.34. The highest BCUT2D eigenvalue weighted by atomic mass is 19.2. The third-order valence-corrected chi connectivity index (χ3v) is 5.76. The minimum absolute atomic E-state index is 0.00116. The number of nitrogens with zero attached hydrogens (tertiary/aromatic N) is 2. The van der Waals surface area contributed by atoms with E-state index in [-0.39, 0.29) is 16.8 Å². The number of hydrogen-bond acceptors (Lipinski definition) is 2. The van der Waals surface area contributed by atoms with E-state index in [1.165, 1.54) is 12.1 Å². The number of hydrogen-bond donors (Lipinski definition) is 2. The molecular weight excluding hydrogens is 377 g/mol. The van der Waals surface area contributed by atoms with Gasteiger partial charge in [-0.05, 0) is 44.5 Å². The molecule has 4 nitrogen and oxygen atoms in total. The standard InChI is InChI=1S/C22H19F3N4/c1-10-8-26-19-12(10)5-11(23)6-14(19)13-7-15-20(18(25)17(13)24)28-22(2,3)16-9-27-29(4)21(15)16/h5-9,26,28H,1-4H3. The van der Waals surface area contributed by atoms with Crippen molar-refractivity contribution in [2.24, 2.45) is 7.05 Å². The Morgan fingerprint density at radius 3 is 2.52 bits per heavy atom. The highest BCUT2D eigenvalue weighted by Crippen LogP contribution is 2.47. The van der Waals surface area contributed by atoms with E-state index in [0.717, 1.165) is 11.1 Å². The molecule has 148 valence electrons. The third-order valence-electron chi connectivity index (χ3n) is 5.76. The molecular formula is C22H19F3N4. The third kappa shape index (κ3) is 2.36. The van der Waals surface area contributed by atoms with Crippen LogP contribution in [0.25, 0.3) is 33.3 Å². The normalized spacial score (nSPS) is 14.6. The largest absolute Gasteiger partial charge is 0.373 e. The van der Waals surface area contributed by atoms with Gasteiger partial charge in [-0.1, -0.05) is 0 Å². The van der Waals surface area contributed by atoms with Gasteiger partial charge in [0.1, 0.15) is 5.82 Å². The summed E-state index contributed by atoms with van der Waals surface area (Å²) in [5.41, 5.74) is 3.23. The van der Waals surface area contributed by atoms with Crippen LogP contribution in [0.2, 0.25) is 0 Å². The van der Waals surface area contributed by atoms with Crippen LogP contribution in [-0.2, 0) is 12.6 Å². The first-order valence-electron chi connectivity index (χ1n) is 9.29. The molecule has 0 saturated heterocycles. The van der Waals surface area contributed by atoms with Crippen LogP contribution in [0.4, 0.5) is 18.9 Å². The van der Waals surface area contributed by atoms with Crippen molar-refractivity contribution in [3.05, 3.63) is 59.2 Å². The van der Waals surface area contributed by atoms with Crippen LogP contribution < -0.4 is 5.32 Å². The fourth-order valence-corrected chi connectivity index (χ4v) is 4.27. The van der Waals surface area contributed by atoms with Crippen LogP contribution in [-0.4, -0.2) is 14.8 Å². The van der Waals surface area contributed by atoms with Gasteiger partial charge in [0.25, 0.3) is 0 Å². The van der Waals surface area contributed by atoms with Crippen molar-refractivity contribution in [1.82, 2.24) is 14.8 Å². The number of fused-ring (bicyclic) bond motifs is 4. The SMILES string of the molecule is Cc1c[nH]c2c(-c3cc4c(c(F)c3F)NC(C)(C)c3cnn(C)c3-4)cc(F)cc12. The van der Waals surface area contributed by atoms with E-state index in [4.69, 9.17) is 0 Å². The van der Waals surface area contributed by atoms with Crippen molar-refractivity contribution in [2.75, 3.05) is 5.32 Å². The molecule has 7 heteroatoms. The molecule has 0 unspecified atom stereocenters. The topological polar surface area (TPSA) is 45.6 Å². The van der Waals surface area contributed by atoms with Gasteiger partial charge in [0, 0.05) is 40.9 Å². The number of aromatic nitrogens is 3. The Labute approximate surface area is 165 Å². The summed E-state index contributed by atoms with van der Waals surface area (Å²) in [7, 11) is 1.76. The minimum Gasteiger partial charge on any atom is -0.373 e. The molecule has 2 N–H and O–H groups in total. The predicted molar refractivity (Wildman–Crippen MR) is 107 cm³/mol. The predicted octanol–water partition coefficient (Wildman–Crippen LogP) is 5.62. The highest BCUT2D eigenvalue weighted by Gasteiger charge is 2.36. The first-order valence-corrected chi connectivity index (χ1v) is 9.29. The molecule has 0 spiro atoms. The monoisotopic (exact) mass is 396 g/mol. The number of rotatable bonds is 1. The number of anilines is 1. The maximum atomic E-state index is 15.2. The molecule has 1 aliphatic heterocycles. The summed E-state index contributed by atoms with van der Waals surface area (Å²) in [6, 6.07) is 4.19. The van der Waals surface area contributed by atoms with Crippen molar-refractivity contribution in [1.29, 1.82) is 0 Å². The number of aryl methyl sites for hydroxylation is 2. The first-order chi connectivity index (χ1) is 13.7. The lowest BCUT2D eigenvalue weighted by atomic mass is 9.85. The van der Waals surface area contributed by atoms with E-state index in [1.807, 2.05) is 20.8 Å². The molecule has 29 heavy (non-hydrogen) atoms. The van der Waals surface area contributed by atoms with Crippen LogP contribution in [0.15, 0.2) is 30.6 Å². The molecule has 0 amide bonds. The van der Waals surface area contributed by atoms with Gasteiger partial charge < -0.3 is 10.3 Å². The zero-order valence-corrected chi connectivity index (χ0v) is 16.4. The zero-order valence-electron chi connectivity index (χ0n) is 16.4. The van der Waals surface area contributed by atoms with Crippen molar-refractivity contribution in [3.63, 3.8) is 0 Å². The van der Waals surface area contributed by atoms with Crippen molar-refractivity contribution in [2.45, 2.75) is 26.3 Å². The van der Waals surface area contributed by atoms with E-state index in [1.54, 1.807) is 30.2 Å². The van der Waals surface area contributed by atoms with Crippen LogP contribution >= 0.6 is 0 Å². The number of benzene rings is 2. The van der Waals surface area contributed by atoms with E-state index in [2.05, 4.69) is 15.4 Å². The van der Waals surface area contributed by atoms with Gasteiger partial charge in [0.2, 0.25) is 0 Å². The Morgan fingerprint density at radius 2 is 1.76 bits per heavy atom. The average Bonchev–Trinajstić information content (AvgIpc) is 3.23. The lowest BCUT2D eigenvalue weighted by Crippen LogP contribution is -2.32. The summed E-state index contributed by atoms with van der Waals surface area (Å²) in [6.45, 7) is 5.61. The molecule has 2 aromatic heterocycles. The second-order valence-corrected chi connectivity index (χ2v) is 8.10. The molecule has 3 heterocycles. The van der Waals surface area contributed by atoms with E-state index < -0.39 is 23.0 Å². The number of nitrogens with one attached hydrogen (secondary N) is 2. The molecule has 4 aromatic rings. The van der Waals surface area contributed by atoms with Crippen LogP contribution in [0.1, 0.15) is 25.0 Å². The molecule has 5 rings (SSSR count). The number of H-pyrrole nitrogens is 1. The second kappa shape index (κ2) is 5.65. The first kappa shape index (κ1) is 17.8. The summed E-state index contributed by atoms with van der Waals surface area (Å²) in [4.78, 5) is 3.06. The Bertz CT molecular complexity index is 1310. The lowest BCUT2D eigenvalue weighted by molar-refractivity contribution is 0.505. The molecule has 1 aliphatic rings. The molecule has 0 saturated carbocycles. The van der Waals surface area contributed by atoms with Gasteiger partial charge in [0.05, 0.1) is 28.6 Å². The molecule has 0 atom stereocenters. The van der Waals surface area contributed by atoms with Gasteiger partial charge in [0.15, 0.2) is 11.6 Å². The van der Waals surface area contributed by atoms with Crippen molar-refractivity contribution < 1.29 is 13.2 Å².